The molecule has 4 nitrogen and oxygen atoms in total. The Labute approximate surface area is 87.7 Å². The summed E-state index contributed by atoms with van der Waals surface area (Å²) in [7, 11) is 0. The Balaban J connectivity index is 1.87. The fourth-order valence-corrected chi connectivity index (χ4v) is 2.18. The fourth-order valence-electron chi connectivity index (χ4n) is 2.18. The van der Waals surface area contributed by atoms with Crippen molar-refractivity contribution in [2.45, 2.75) is 25.7 Å². The number of aromatic nitrogens is 4. The van der Waals surface area contributed by atoms with E-state index >= 15 is 0 Å². The molecule has 0 unspecified atom stereocenters. The van der Waals surface area contributed by atoms with E-state index in [9.17, 15) is 0 Å². The zero-order valence-electron chi connectivity index (χ0n) is 8.40. The first-order valence-electron chi connectivity index (χ1n) is 5.25. The van der Waals surface area contributed by atoms with Gasteiger partial charge in [0.05, 0.1) is 0 Å². The Morgan fingerprint density at radius 1 is 1.20 bits per heavy atom. The van der Waals surface area contributed by atoms with Gasteiger partial charge in [0.15, 0.2) is 5.82 Å². The molecule has 1 aliphatic rings. The Bertz CT molecular complexity index is 461. The lowest BCUT2D eigenvalue weighted by Crippen LogP contribution is -1.93. The molecule has 3 rings (SSSR count). The van der Waals surface area contributed by atoms with Crippen LogP contribution in [-0.4, -0.2) is 20.6 Å². The average molecular weight is 200 g/mol. The van der Waals surface area contributed by atoms with Crippen LogP contribution >= 0.6 is 0 Å². The van der Waals surface area contributed by atoms with Gasteiger partial charge in [0.25, 0.3) is 0 Å². The van der Waals surface area contributed by atoms with Crippen molar-refractivity contribution >= 4 is 0 Å². The molecule has 1 heterocycles. The Hall–Kier alpha value is -1.71. The molecule has 15 heavy (non-hydrogen) atoms. The van der Waals surface area contributed by atoms with E-state index in [0.717, 1.165) is 12.2 Å². The number of rotatable bonds is 2. The first-order valence-corrected chi connectivity index (χ1v) is 5.25. The summed E-state index contributed by atoms with van der Waals surface area (Å²) in [4.78, 5) is 0. The maximum atomic E-state index is 3.96. The van der Waals surface area contributed by atoms with Crippen LogP contribution in [0.4, 0.5) is 0 Å². The summed E-state index contributed by atoms with van der Waals surface area (Å²) >= 11 is 0. The zero-order valence-corrected chi connectivity index (χ0v) is 8.40. The molecule has 2 aromatic rings. The van der Waals surface area contributed by atoms with Gasteiger partial charge in [-0.2, -0.15) is 5.21 Å². The summed E-state index contributed by atoms with van der Waals surface area (Å²) in [6, 6.07) is 6.68. The molecular formula is C11H12N4. The first-order chi connectivity index (χ1) is 7.42. The third kappa shape index (κ3) is 1.63. The molecule has 0 amide bonds. The van der Waals surface area contributed by atoms with Crippen LogP contribution in [0.1, 0.15) is 28.9 Å². The van der Waals surface area contributed by atoms with Crippen LogP contribution in [0.15, 0.2) is 18.2 Å². The van der Waals surface area contributed by atoms with Gasteiger partial charge in [-0.25, -0.2) is 0 Å². The number of aromatic amines is 1. The van der Waals surface area contributed by atoms with Gasteiger partial charge < -0.3 is 0 Å². The minimum Gasteiger partial charge on any atom is -0.177 e. The zero-order chi connectivity index (χ0) is 10.1. The predicted octanol–water partition coefficient (Wildman–Crippen LogP) is 1.28. The molecule has 1 aliphatic carbocycles. The van der Waals surface area contributed by atoms with E-state index < -0.39 is 0 Å². The third-order valence-corrected chi connectivity index (χ3v) is 2.91. The number of hydrogen-bond acceptors (Lipinski definition) is 3. The van der Waals surface area contributed by atoms with Crippen molar-refractivity contribution in [1.29, 1.82) is 0 Å². The summed E-state index contributed by atoms with van der Waals surface area (Å²) in [5.74, 6) is 0.757. The number of tetrazole rings is 1. The molecule has 1 aromatic heterocycles. The first kappa shape index (κ1) is 8.59. The molecule has 0 bridgehead atoms. The van der Waals surface area contributed by atoms with Crippen molar-refractivity contribution in [3.8, 4) is 0 Å². The largest absolute Gasteiger partial charge is 0.178 e. The summed E-state index contributed by atoms with van der Waals surface area (Å²) in [6.45, 7) is 0. The summed E-state index contributed by atoms with van der Waals surface area (Å²) < 4.78 is 0. The van der Waals surface area contributed by atoms with Crippen molar-refractivity contribution in [1.82, 2.24) is 20.6 Å². The lowest BCUT2D eigenvalue weighted by Gasteiger charge is -2.02. The molecule has 1 N–H and O–H groups in total. The SMILES string of the molecule is c1cc2c(cc1Cc1nn[nH]n1)CCC2. The predicted molar refractivity (Wildman–Crippen MR) is 55.5 cm³/mol. The van der Waals surface area contributed by atoms with E-state index in [1.54, 1.807) is 0 Å². The lowest BCUT2D eigenvalue weighted by molar-refractivity contribution is 0.881. The van der Waals surface area contributed by atoms with E-state index in [-0.39, 0.29) is 0 Å². The van der Waals surface area contributed by atoms with Crippen LogP contribution in [0.25, 0.3) is 0 Å². The number of hydrogen-bond donors (Lipinski definition) is 1. The van der Waals surface area contributed by atoms with Gasteiger partial charge in [-0.3, -0.25) is 0 Å². The number of fused-ring (bicyclic) bond motifs is 1. The second-order valence-electron chi connectivity index (χ2n) is 3.96. The number of H-pyrrole nitrogens is 1. The maximum Gasteiger partial charge on any atom is 0.178 e. The normalized spacial score (nSPS) is 14.1. The van der Waals surface area contributed by atoms with Crippen LogP contribution in [0.2, 0.25) is 0 Å². The molecular weight excluding hydrogens is 188 g/mol. The van der Waals surface area contributed by atoms with Gasteiger partial charge in [0, 0.05) is 6.42 Å². The van der Waals surface area contributed by atoms with Crippen molar-refractivity contribution in [2.75, 3.05) is 0 Å². The van der Waals surface area contributed by atoms with Crippen LogP contribution in [-0.2, 0) is 19.3 Å². The van der Waals surface area contributed by atoms with Gasteiger partial charge >= 0.3 is 0 Å². The van der Waals surface area contributed by atoms with Crippen LogP contribution in [0.5, 0.6) is 0 Å². The summed E-state index contributed by atoms with van der Waals surface area (Å²) in [5.41, 5.74) is 4.28. The van der Waals surface area contributed by atoms with Gasteiger partial charge in [0.1, 0.15) is 0 Å². The lowest BCUT2D eigenvalue weighted by atomic mass is 10.0. The molecule has 0 saturated carbocycles. The maximum absolute atomic E-state index is 3.96. The third-order valence-electron chi connectivity index (χ3n) is 2.91. The van der Waals surface area contributed by atoms with Crippen LogP contribution in [0.3, 0.4) is 0 Å². The van der Waals surface area contributed by atoms with E-state index in [4.69, 9.17) is 0 Å². The summed E-state index contributed by atoms with van der Waals surface area (Å²) in [6.07, 6.45) is 4.51. The van der Waals surface area contributed by atoms with Crippen molar-refractivity contribution in [3.63, 3.8) is 0 Å². The topological polar surface area (TPSA) is 54.5 Å². The Morgan fingerprint density at radius 3 is 3.00 bits per heavy atom. The molecule has 0 saturated heterocycles. The molecule has 0 atom stereocenters. The molecule has 0 aliphatic heterocycles. The van der Waals surface area contributed by atoms with Gasteiger partial charge in [-0.05, 0) is 36.0 Å². The van der Waals surface area contributed by atoms with Crippen molar-refractivity contribution in [3.05, 3.63) is 40.7 Å². The minimum absolute atomic E-state index is 0.757. The number of nitrogens with one attached hydrogen (secondary N) is 1. The van der Waals surface area contributed by atoms with Crippen molar-refractivity contribution < 1.29 is 0 Å². The molecule has 0 spiro atoms. The monoisotopic (exact) mass is 200 g/mol. The number of benzene rings is 1. The summed E-state index contributed by atoms with van der Waals surface area (Å²) in [5, 5.41) is 13.9. The number of aryl methyl sites for hydroxylation is 2. The minimum atomic E-state index is 0.757. The van der Waals surface area contributed by atoms with Gasteiger partial charge in [-0.1, -0.05) is 23.4 Å². The van der Waals surface area contributed by atoms with E-state index in [0.29, 0.717) is 0 Å². The highest BCUT2D eigenvalue weighted by Gasteiger charge is 2.11. The Kier molecular flexibility index (Phi) is 1.98. The molecule has 76 valence electrons. The fraction of sp³-hybridized carbons (Fsp3) is 0.364. The highest BCUT2D eigenvalue weighted by Crippen LogP contribution is 2.23. The van der Waals surface area contributed by atoms with Gasteiger partial charge in [-0.15, -0.1) is 10.2 Å². The van der Waals surface area contributed by atoms with Crippen LogP contribution < -0.4 is 0 Å². The van der Waals surface area contributed by atoms with E-state index in [2.05, 4.69) is 38.8 Å². The smallest absolute Gasteiger partial charge is 0.177 e. The highest BCUT2D eigenvalue weighted by atomic mass is 15.5. The molecule has 0 fully saturated rings. The second kappa shape index (κ2) is 3.46. The average Bonchev–Trinajstić information content (AvgIpc) is 2.87. The Morgan fingerprint density at radius 2 is 2.13 bits per heavy atom. The van der Waals surface area contributed by atoms with Crippen LogP contribution in [0, 0.1) is 0 Å². The number of nitrogens with zero attached hydrogens (tertiary/aromatic N) is 3. The molecule has 0 radical (unpaired) electrons. The quantitative estimate of drug-likeness (QED) is 0.794. The van der Waals surface area contributed by atoms with E-state index in [1.807, 2.05) is 0 Å². The standard InChI is InChI=1S/C11H12N4/c1-2-9-5-4-8(6-10(9)3-1)7-11-12-14-15-13-11/h4-6H,1-3,7H2,(H,12,13,14,15). The van der Waals surface area contributed by atoms with Crippen molar-refractivity contribution in [2.24, 2.45) is 0 Å². The second-order valence-corrected chi connectivity index (χ2v) is 3.96. The molecule has 1 aromatic carbocycles. The highest BCUT2D eigenvalue weighted by molar-refractivity contribution is 5.36. The van der Waals surface area contributed by atoms with E-state index in [1.165, 1.54) is 36.0 Å². The van der Waals surface area contributed by atoms with Gasteiger partial charge in [0.2, 0.25) is 0 Å². The molecule has 4 heteroatoms.